The predicted molar refractivity (Wildman–Crippen MR) is 65.0 cm³/mol. The van der Waals surface area contributed by atoms with Crippen LogP contribution in [0.1, 0.15) is 0 Å². The number of anilines is 2. The molecule has 2 rings (SSSR count). The molecule has 0 amide bonds. The van der Waals surface area contributed by atoms with Gasteiger partial charge >= 0.3 is 0 Å². The maximum atomic E-state index is 5.64. The van der Waals surface area contributed by atoms with Crippen molar-refractivity contribution in [1.82, 2.24) is 4.98 Å². The average molecular weight is 215 g/mol. The second-order valence-electron chi connectivity index (χ2n) is 3.43. The summed E-state index contributed by atoms with van der Waals surface area (Å²) >= 11 is 0. The monoisotopic (exact) mass is 215 g/mol. The van der Waals surface area contributed by atoms with Crippen LogP contribution in [-0.4, -0.2) is 12.1 Å². The molecule has 4 heteroatoms. The van der Waals surface area contributed by atoms with Crippen LogP contribution >= 0.6 is 0 Å². The number of benzene rings is 1. The minimum absolute atomic E-state index is 0.422. The first-order chi connectivity index (χ1) is 7.69. The Bertz CT molecular complexity index is 474. The number of methoxy groups -OCH3 is 1. The first-order valence-corrected chi connectivity index (χ1v) is 4.86. The third kappa shape index (κ3) is 2.06. The van der Waals surface area contributed by atoms with Gasteiger partial charge in [0, 0.05) is 0 Å². The lowest BCUT2D eigenvalue weighted by atomic mass is 10.1. The van der Waals surface area contributed by atoms with Crippen molar-refractivity contribution in [3.8, 4) is 16.9 Å². The summed E-state index contributed by atoms with van der Waals surface area (Å²) in [5, 5.41) is 0. The zero-order valence-electron chi connectivity index (χ0n) is 8.97. The van der Waals surface area contributed by atoms with Crippen molar-refractivity contribution >= 4 is 11.6 Å². The van der Waals surface area contributed by atoms with Gasteiger partial charge in [-0.15, -0.1) is 0 Å². The Kier molecular flexibility index (Phi) is 2.64. The second-order valence-corrected chi connectivity index (χ2v) is 3.43. The number of ether oxygens (including phenoxy) is 1. The Morgan fingerprint density at radius 3 is 2.00 bits per heavy atom. The highest BCUT2D eigenvalue weighted by Gasteiger charge is 2.01. The molecule has 0 spiro atoms. The van der Waals surface area contributed by atoms with Gasteiger partial charge in [0.1, 0.15) is 17.4 Å². The molecule has 4 nitrogen and oxygen atoms in total. The molecular formula is C12H13N3O. The predicted octanol–water partition coefficient (Wildman–Crippen LogP) is 1.92. The fraction of sp³-hybridized carbons (Fsp3) is 0.0833. The van der Waals surface area contributed by atoms with Gasteiger partial charge in [-0.1, -0.05) is 12.1 Å². The Balaban J connectivity index is 2.42. The fourth-order valence-electron chi connectivity index (χ4n) is 1.52. The van der Waals surface area contributed by atoms with E-state index in [9.17, 15) is 0 Å². The molecule has 0 saturated carbocycles. The highest BCUT2D eigenvalue weighted by molar-refractivity contribution is 5.69. The maximum absolute atomic E-state index is 5.64. The molecule has 16 heavy (non-hydrogen) atoms. The number of nitrogens with two attached hydrogens (primary N) is 2. The molecule has 1 heterocycles. The molecule has 0 unspecified atom stereocenters. The molecule has 0 fully saturated rings. The normalized spacial score (nSPS) is 10.1. The minimum atomic E-state index is 0.422. The number of hydrogen-bond donors (Lipinski definition) is 2. The number of nitrogen functional groups attached to an aromatic ring is 2. The van der Waals surface area contributed by atoms with Crippen molar-refractivity contribution in [3.63, 3.8) is 0 Å². The summed E-state index contributed by atoms with van der Waals surface area (Å²) < 4.78 is 5.09. The first kappa shape index (κ1) is 10.3. The topological polar surface area (TPSA) is 74.2 Å². The van der Waals surface area contributed by atoms with Gasteiger partial charge in [0.25, 0.3) is 0 Å². The van der Waals surface area contributed by atoms with E-state index >= 15 is 0 Å². The minimum Gasteiger partial charge on any atom is -0.497 e. The van der Waals surface area contributed by atoms with E-state index in [1.807, 2.05) is 24.3 Å². The van der Waals surface area contributed by atoms with Crippen LogP contribution in [-0.2, 0) is 0 Å². The van der Waals surface area contributed by atoms with Crippen molar-refractivity contribution in [1.29, 1.82) is 0 Å². The largest absolute Gasteiger partial charge is 0.497 e. The third-order valence-electron chi connectivity index (χ3n) is 2.29. The van der Waals surface area contributed by atoms with Crippen LogP contribution in [0.25, 0.3) is 11.1 Å². The maximum Gasteiger partial charge on any atom is 0.126 e. The molecule has 2 aromatic rings. The van der Waals surface area contributed by atoms with E-state index in [0.717, 1.165) is 16.9 Å². The fourth-order valence-corrected chi connectivity index (χ4v) is 1.52. The van der Waals surface area contributed by atoms with Crippen molar-refractivity contribution < 1.29 is 4.74 Å². The Morgan fingerprint density at radius 1 is 0.938 bits per heavy atom. The number of pyridine rings is 1. The van der Waals surface area contributed by atoms with Crippen LogP contribution < -0.4 is 16.2 Å². The van der Waals surface area contributed by atoms with Crippen molar-refractivity contribution in [2.45, 2.75) is 0 Å². The highest BCUT2D eigenvalue weighted by atomic mass is 16.5. The van der Waals surface area contributed by atoms with Gasteiger partial charge in [-0.25, -0.2) is 4.98 Å². The summed E-state index contributed by atoms with van der Waals surface area (Å²) in [6.45, 7) is 0. The van der Waals surface area contributed by atoms with Crippen LogP contribution in [0, 0.1) is 0 Å². The number of hydrogen-bond acceptors (Lipinski definition) is 4. The van der Waals surface area contributed by atoms with E-state index in [2.05, 4.69) is 4.98 Å². The first-order valence-electron chi connectivity index (χ1n) is 4.86. The summed E-state index contributed by atoms with van der Waals surface area (Å²) in [5.74, 6) is 1.66. The van der Waals surface area contributed by atoms with Crippen LogP contribution in [0.4, 0.5) is 11.6 Å². The van der Waals surface area contributed by atoms with Gasteiger partial charge in [-0.3, -0.25) is 0 Å². The van der Waals surface area contributed by atoms with Gasteiger partial charge in [-0.05, 0) is 35.4 Å². The van der Waals surface area contributed by atoms with Gasteiger partial charge < -0.3 is 16.2 Å². The Labute approximate surface area is 93.9 Å². The molecule has 0 aliphatic heterocycles. The lowest BCUT2D eigenvalue weighted by Gasteiger charge is -2.05. The zero-order valence-corrected chi connectivity index (χ0v) is 8.97. The summed E-state index contributed by atoms with van der Waals surface area (Å²) in [6, 6.07) is 11.3. The summed E-state index contributed by atoms with van der Waals surface area (Å²) in [7, 11) is 1.64. The molecule has 82 valence electrons. The van der Waals surface area contributed by atoms with E-state index in [-0.39, 0.29) is 0 Å². The van der Waals surface area contributed by atoms with Crippen LogP contribution in [0.3, 0.4) is 0 Å². The molecule has 0 atom stereocenters. The van der Waals surface area contributed by atoms with Crippen molar-refractivity contribution in [3.05, 3.63) is 36.4 Å². The van der Waals surface area contributed by atoms with Crippen molar-refractivity contribution in [2.24, 2.45) is 0 Å². The zero-order chi connectivity index (χ0) is 11.5. The quantitative estimate of drug-likeness (QED) is 0.802. The molecule has 0 bridgehead atoms. The molecule has 0 aliphatic rings. The smallest absolute Gasteiger partial charge is 0.126 e. The Hall–Kier alpha value is -2.23. The van der Waals surface area contributed by atoms with Gasteiger partial charge in [0.05, 0.1) is 7.11 Å². The third-order valence-corrected chi connectivity index (χ3v) is 2.29. The summed E-state index contributed by atoms with van der Waals surface area (Å²) in [5.41, 5.74) is 13.3. The molecule has 1 aromatic carbocycles. The van der Waals surface area contributed by atoms with Gasteiger partial charge in [-0.2, -0.15) is 0 Å². The lowest BCUT2D eigenvalue weighted by molar-refractivity contribution is 0.415. The average Bonchev–Trinajstić information content (AvgIpc) is 2.28. The van der Waals surface area contributed by atoms with Crippen LogP contribution in [0.5, 0.6) is 5.75 Å². The summed E-state index contributed by atoms with van der Waals surface area (Å²) in [4.78, 5) is 3.92. The van der Waals surface area contributed by atoms with E-state index in [0.29, 0.717) is 11.6 Å². The number of nitrogens with zero attached hydrogens (tertiary/aromatic N) is 1. The van der Waals surface area contributed by atoms with Gasteiger partial charge in [0.2, 0.25) is 0 Å². The standard InChI is InChI=1S/C12H13N3O/c1-16-10-4-2-8(3-5-10)9-6-11(13)15-12(14)7-9/h2-7H,1H3,(H4,13,14,15). The molecule has 0 saturated heterocycles. The van der Waals surface area contributed by atoms with Crippen molar-refractivity contribution in [2.75, 3.05) is 18.6 Å². The Morgan fingerprint density at radius 2 is 1.50 bits per heavy atom. The highest BCUT2D eigenvalue weighted by Crippen LogP contribution is 2.24. The number of aromatic nitrogens is 1. The van der Waals surface area contributed by atoms with Crippen LogP contribution in [0.15, 0.2) is 36.4 Å². The van der Waals surface area contributed by atoms with E-state index < -0.39 is 0 Å². The molecular weight excluding hydrogens is 202 g/mol. The molecule has 4 N–H and O–H groups in total. The second kappa shape index (κ2) is 4.10. The van der Waals surface area contributed by atoms with E-state index in [4.69, 9.17) is 16.2 Å². The van der Waals surface area contributed by atoms with Gasteiger partial charge in [0.15, 0.2) is 0 Å². The lowest BCUT2D eigenvalue weighted by Crippen LogP contribution is -1.96. The summed E-state index contributed by atoms with van der Waals surface area (Å²) in [6.07, 6.45) is 0. The molecule has 0 aliphatic carbocycles. The molecule has 1 aromatic heterocycles. The van der Waals surface area contributed by atoms with E-state index in [1.54, 1.807) is 19.2 Å². The number of rotatable bonds is 2. The molecule has 0 radical (unpaired) electrons. The SMILES string of the molecule is COc1ccc(-c2cc(N)nc(N)c2)cc1. The van der Waals surface area contributed by atoms with E-state index in [1.165, 1.54) is 0 Å². The van der Waals surface area contributed by atoms with Crippen LogP contribution in [0.2, 0.25) is 0 Å².